The van der Waals surface area contributed by atoms with Crippen LogP contribution in [0.25, 0.3) is 44.7 Å². The van der Waals surface area contributed by atoms with Crippen LogP contribution in [0, 0.1) is 11.3 Å². The van der Waals surface area contributed by atoms with Crippen LogP contribution >= 0.6 is 27.5 Å². The number of halogens is 2. The summed E-state index contributed by atoms with van der Waals surface area (Å²) in [6.45, 7) is 0. The zero-order chi connectivity index (χ0) is 30.9. The first kappa shape index (κ1) is 27.4. The maximum atomic E-state index is 13.5. The van der Waals surface area contributed by atoms with Gasteiger partial charge in [-0.05, 0) is 59.7 Å². The van der Waals surface area contributed by atoms with Crippen molar-refractivity contribution in [2.24, 2.45) is 0 Å². The molecule has 1 atom stereocenters. The molecule has 1 aliphatic heterocycles. The molecule has 0 radical (unpaired) electrons. The Morgan fingerprint density at radius 2 is 1.64 bits per heavy atom. The molecule has 1 amide bonds. The lowest BCUT2D eigenvalue weighted by Gasteiger charge is -2.50. The fraction of sp³-hybridized carbons (Fsp3) is 0.0833. The predicted octanol–water partition coefficient (Wildman–Crippen LogP) is 8.32. The number of hydrogen-bond acceptors (Lipinski definition) is 6. The molecule has 1 fully saturated rings. The van der Waals surface area contributed by atoms with E-state index in [0.717, 1.165) is 54.9 Å². The second-order valence-corrected chi connectivity index (χ2v) is 12.3. The van der Waals surface area contributed by atoms with E-state index >= 15 is 0 Å². The number of pyridine rings is 1. The molecule has 9 heteroatoms. The van der Waals surface area contributed by atoms with Gasteiger partial charge in [0.15, 0.2) is 0 Å². The quantitative estimate of drug-likeness (QED) is 0.175. The van der Waals surface area contributed by atoms with Crippen molar-refractivity contribution in [1.82, 2.24) is 15.0 Å². The highest BCUT2D eigenvalue weighted by Crippen LogP contribution is 2.57. The van der Waals surface area contributed by atoms with Crippen LogP contribution in [-0.2, 0) is 10.3 Å². The number of amides is 1. The van der Waals surface area contributed by atoms with Gasteiger partial charge >= 0.3 is 0 Å². The number of nitrogens with zero attached hydrogens (tertiary/aromatic N) is 5. The molecule has 2 aliphatic rings. The second kappa shape index (κ2) is 10.2. The van der Waals surface area contributed by atoms with Crippen molar-refractivity contribution in [3.63, 3.8) is 0 Å². The Morgan fingerprint density at radius 3 is 2.38 bits per heavy atom. The number of rotatable bonds is 4. The fourth-order valence-corrected chi connectivity index (χ4v) is 6.94. The smallest absolute Gasteiger partial charge is 0.232 e. The third kappa shape index (κ3) is 4.08. The molecule has 4 aromatic carbocycles. The van der Waals surface area contributed by atoms with Crippen LogP contribution in [0.1, 0.15) is 23.2 Å². The van der Waals surface area contributed by atoms with Crippen LogP contribution in [0.3, 0.4) is 0 Å². The first-order valence-corrected chi connectivity index (χ1v) is 15.3. The largest absolute Gasteiger partial charge is 0.480 e. The number of hydrogen-bond donors (Lipinski definition) is 0. The van der Waals surface area contributed by atoms with Gasteiger partial charge in [0.1, 0.15) is 17.2 Å². The van der Waals surface area contributed by atoms with Gasteiger partial charge in [-0.2, -0.15) is 5.26 Å². The van der Waals surface area contributed by atoms with Gasteiger partial charge in [-0.3, -0.25) is 9.69 Å². The Bertz CT molecular complexity index is 2250. The molecule has 6 aromatic rings. The van der Waals surface area contributed by atoms with Crippen LogP contribution < -0.4 is 9.64 Å². The molecular formula is C36H21BrClN5O2. The molecule has 1 unspecified atom stereocenters. The second-order valence-electron chi connectivity index (χ2n) is 11.0. The minimum Gasteiger partial charge on any atom is -0.480 e. The first-order valence-electron chi connectivity index (χ1n) is 14.2. The fourth-order valence-electron chi connectivity index (χ4n) is 6.51. The van der Waals surface area contributed by atoms with Crippen molar-refractivity contribution >= 4 is 50.2 Å². The van der Waals surface area contributed by atoms with E-state index in [1.54, 1.807) is 0 Å². The van der Waals surface area contributed by atoms with Crippen molar-refractivity contribution in [2.75, 3.05) is 12.0 Å². The number of anilines is 1. The van der Waals surface area contributed by atoms with Gasteiger partial charge in [-0.15, -0.1) is 0 Å². The molecule has 45 heavy (non-hydrogen) atoms. The summed E-state index contributed by atoms with van der Waals surface area (Å²) < 4.78 is 6.48. The number of carbonyl (C=O) groups excluding carboxylic acids is 1. The standard InChI is InChI=1S/C36H21BrClN5O2/c1-45-35-27(19-39)26(20-6-10-22(37)11-7-20)17-30(42-35)21-8-13-24(14-9-21)43-32(44)18-36(43)28-5-3-2-4-25(28)33-34(36)41-31-16-23(38)12-15-29(31)40-33/h2-17H,18H2,1H3. The van der Waals surface area contributed by atoms with Crippen molar-refractivity contribution < 1.29 is 9.53 Å². The summed E-state index contributed by atoms with van der Waals surface area (Å²) in [4.78, 5) is 30.0. The average Bonchev–Trinajstić information content (AvgIpc) is 3.34. The highest BCUT2D eigenvalue weighted by Gasteiger charge is 2.60. The molecule has 216 valence electrons. The maximum absolute atomic E-state index is 13.5. The maximum Gasteiger partial charge on any atom is 0.232 e. The zero-order valence-corrected chi connectivity index (χ0v) is 26.1. The summed E-state index contributed by atoms with van der Waals surface area (Å²) in [6, 6.07) is 33.1. The van der Waals surface area contributed by atoms with Gasteiger partial charge in [0.2, 0.25) is 11.8 Å². The molecule has 3 heterocycles. The molecule has 7 nitrogen and oxygen atoms in total. The molecule has 0 bridgehead atoms. The van der Waals surface area contributed by atoms with Crippen LogP contribution in [-0.4, -0.2) is 28.0 Å². The number of aromatic nitrogens is 3. The van der Waals surface area contributed by atoms with Crippen molar-refractivity contribution in [2.45, 2.75) is 12.0 Å². The van der Waals surface area contributed by atoms with E-state index < -0.39 is 5.54 Å². The van der Waals surface area contributed by atoms with Gasteiger partial charge < -0.3 is 4.74 Å². The number of β-lactam (4-membered cyclic amide) rings is 1. The average molecular weight is 671 g/mol. The summed E-state index contributed by atoms with van der Waals surface area (Å²) in [5, 5.41) is 10.5. The zero-order valence-electron chi connectivity index (χ0n) is 23.8. The molecule has 1 aliphatic carbocycles. The molecule has 2 aromatic heterocycles. The van der Waals surface area contributed by atoms with E-state index in [1.165, 1.54) is 7.11 Å². The topological polar surface area (TPSA) is 92.0 Å². The number of fused-ring (bicyclic) bond motifs is 6. The Kier molecular flexibility index (Phi) is 6.24. The van der Waals surface area contributed by atoms with Crippen LogP contribution in [0.2, 0.25) is 5.02 Å². The Hall–Kier alpha value is -5.10. The van der Waals surface area contributed by atoms with Crippen LogP contribution in [0.5, 0.6) is 5.88 Å². The predicted molar refractivity (Wildman–Crippen MR) is 177 cm³/mol. The summed E-state index contributed by atoms with van der Waals surface area (Å²) in [5.74, 6) is 0.244. The lowest BCUT2D eigenvalue weighted by atomic mass is 9.77. The third-order valence-corrected chi connectivity index (χ3v) is 9.32. The number of methoxy groups -OCH3 is 1. The highest BCUT2D eigenvalue weighted by molar-refractivity contribution is 9.10. The summed E-state index contributed by atoms with van der Waals surface area (Å²) in [6.07, 6.45) is 0.282. The molecular weight excluding hydrogens is 650 g/mol. The number of nitriles is 1. The number of ether oxygens (including phenoxy) is 1. The molecule has 0 N–H and O–H groups in total. The van der Waals surface area contributed by atoms with Crippen molar-refractivity contribution in [3.05, 3.63) is 123 Å². The van der Waals surface area contributed by atoms with Crippen LogP contribution in [0.15, 0.2) is 102 Å². The summed E-state index contributed by atoms with van der Waals surface area (Å²) in [5.41, 5.74) is 8.31. The third-order valence-electron chi connectivity index (χ3n) is 8.55. The van der Waals surface area contributed by atoms with E-state index in [4.69, 9.17) is 26.3 Å². The van der Waals surface area contributed by atoms with Gasteiger partial charge in [-0.25, -0.2) is 15.0 Å². The minimum absolute atomic E-state index is 0.00548. The van der Waals surface area contributed by atoms with E-state index in [9.17, 15) is 10.1 Å². The van der Waals surface area contributed by atoms with E-state index in [-0.39, 0.29) is 18.2 Å². The minimum atomic E-state index is -0.779. The van der Waals surface area contributed by atoms with Gasteiger partial charge in [0.25, 0.3) is 0 Å². The lowest BCUT2D eigenvalue weighted by molar-refractivity contribution is -0.126. The highest BCUT2D eigenvalue weighted by atomic mass is 79.9. The van der Waals surface area contributed by atoms with E-state index in [2.05, 4.69) is 33.0 Å². The van der Waals surface area contributed by atoms with Crippen LogP contribution in [0.4, 0.5) is 5.69 Å². The summed E-state index contributed by atoms with van der Waals surface area (Å²) in [7, 11) is 1.51. The molecule has 1 saturated heterocycles. The number of carbonyl (C=O) groups is 1. The Balaban J connectivity index is 1.23. The normalized spacial score (nSPS) is 16.3. The lowest BCUT2D eigenvalue weighted by Crippen LogP contribution is -2.61. The van der Waals surface area contributed by atoms with Crippen molar-refractivity contribution in [1.29, 1.82) is 5.26 Å². The van der Waals surface area contributed by atoms with Crippen molar-refractivity contribution in [3.8, 4) is 45.6 Å². The van der Waals surface area contributed by atoms with Gasteiger partial charge in [-0.1, -0.05) is 76.1 Å². The first-order chi connectivity index (χ1) is 21.9. The summed E-state index contributed by atoms with van der Waals surface area (Å²) >= 11 is 9.79. The van der Waals surface area contributed by atoms with E-state index in [1.807, 2.05) is 95.9 Å². The molecule has 0 saturated carbocycles. The Labute approximate surface area is 271 Å². The molecule has 1 spiro atoms. The monoisotopic (exact) mass is 669 g/mol. The van der Waals surface area contributed by atoms with Gasteiger partial charge in [0, 0.05) is 31.9 Å². The Morgan fingerprint density at radius 1 is 0.889 bits per heavy atom. The molecule has 8 rings (SSSR count). The number of benzene rings is 4. The van der Waals surface area contributed by atoms with Gasteiger partial charge in [0.05, 0.1) is 41.6 Å². The SMILES string of the molecule is COc1nc(-c2ccc(N3C(=O)CC34c3ccccc3-c3nc5ccc(Cl)cc5nc34)cc2)cc(-c2ccc(Br)cc2)c1C#N. The van der Waals surface area contributed by atoms with E-state index in [0.29, 0.717) is 21.8 Å².